The van der Waals surface area contributed by atoms with Crippen LogP contribution in [0.15, 0.2) is 109 Å². The van der Waals surface area contributed by atoms with E-state index in [9.17, 15) is 0 Å². The van der Waals surface area contributed by atoms with E-state index < -0.39 is 0 Å². The molecule has 200 valence electrons. The molecule has 1 fully saturated rings. The van der Waals surface area contributed by atoms with Gasteiger partial charge < -0.3 is 10.1 Å². The molecule has 0 unspecified atom stereocenters. The second kappa shape index (κ2) is 12.1. The van der Waals surface area contributed by atoms with Gasteiger partial charge in [0, 0.05) is 60.8 Å². The van der Waals surface area contributed by atoms with Gasteiger partial charge in [0.15, 0.2) is 5.82 Å². The molecule has 0 radical (unpaired) electrons. The third kappa shape index (κ3) is 6.19. The molecule has 6 rings (SSSR count). The quantitative estimate of drug-likeness (QED) is 0.235. The van der Waals surface area contributed by atoms with Crippen LogP contribution >= 0.6 is 0 Å². The molecule has 0 amide bonds. The fraction of sp³-hybridized carbons (Fsp3) is 0.206. The minimum atomic E-state index is 0.363. The maximum atomic E-state index is 5.32. The Labute approximate surface area is 235 Å². The number of anilines is 1. The molecule has 6 nitrogen and oxygen atoms in total. The zero-order valence-electron chi connectivity index (χ0n) is 22.7. The predicted octanol–water partition coefficient (Wildman–Crippen LogP) is 6.96. The van der Waals surface area contributed by atoms with Crippen molar-refractivity contribution in [2.75, 3.05) is 25.5 Å². The number of rotatable bonds is 8. The average molecular weight is 528 g/mol. The summed E-state index contributed by atoms with van der Waals surface area (Å²) < 4.78 is 5.32. The normalized spacial score (nSPS) is 14.1. The van der Waals surface area contributed by atoms with Crippen LogP contribution in [-0.2, 0) is 6.54 Å². The highest BCUT2D eigenvalue weighted by atomic mass is 16.5. The highest BCUT2D eigenvalue weighted by Gasteiger charge is 2.20. The van der Waals surface area contributed by atoms with Gasteiger partial charge in [-0.15, -0.1) is 0 Å². The van der Waals surface area contributed by atoms with Crippen molar-refractivity contribution in [1.29, 1.82) is 0 Å². The van der Waals surface area contributed by atoms with Crippen molar-refractivity contribution in [3.63, 3.8) is 0 Å². The van der Waals surface area contributed by atoms with Crippen molar-refractivity contribution in [3.05, 3.63) is 115 Å². The molecule has 40 heavy (non-hydrogen) atoms. The van der Waals surface area contributed by atoms with Crippen LogP contribution in [0.1, 0.15) is 18.4 Å². The Kier molecular flexibility index (Phi) is 7.78. The Balaban J connectivity index is 1.24. The lowest BCUT2D eigenvalue weighted by Crippen LogP contribution is -2.38. The van der Waals surface area contributed by atoms with Crippen LogP contribution in [-0.4, -0.2) is 46.1 Å². The number of hydrogen-bond acceptors (Lipinski definition) is 6. The number of likely N-dealkylation sites (tertiary alicyclic amines) is 1. The van der Waals surface area contributed by atoms with Gasteiger partial charge in [0.1, 0.15) is 11.6 Å². The third-order valence-electron chi connectivity index (χ3n) is 7.40. The van der Waals surface area contributed by atoms with E-state index in [0.29, 0.717) is 11.9 Å². The number of aromatic nitrogens is 3. The number of benzene rings is 3. The summed E-state index contributed by atoms with van der Waals surface area (Å²) in [6.07, 6.45) is 5.89. The summed E-state index contributed by atoms with van der Waals surface area (Å²) in [5.74, 6) is 2.38. The monoisotopic (exact) mass is 527 g/mol. The summed E-state index contributed by atoms with van der Waals surface area (Å²) in [4.78, 5) is 17.0. The third-order valence-corrected chi connectivity index (χ3v) is 7.40. The first-order valence-electron chi connectivity index (χ1n) is 13.8. The first kappa shape index (κ1) is 25.7. The zero-order valence-corrected chi connectivity index (χ0v) is 22.7. The summed E-state index contributed by atoms with van der Waals surface area (Å²) in [7, 11) is 1.68. The first-order valence-corrected chi connectivity index (χ1v) is 13.8. The molecule has 1 saturated heterocycles. The molecule has 0 spiro atoms. The molecule has 0 aliphatic carbocycles. The second-order valence-electron chi connectivity index (χ2n) is 10.2. The molecular formula is C34H33N5O. The molecule has 1 N–H and O–H groups in total. The average Bonchev–Trinajstić information content (AvgIpc) is 3.03. The Bertz CT molecular complexity index is 1530. The van der Waals surface area contributed by atoms with Crippen molar-refractivity contribution in [1.82, 2.24) is 19.9 Å². The summed E-state index contributed by atoms with van der Waals surface area (Å²) in [6, 6.07) is 33.4. The van der Waals surface area contributed by atoms with Crippen molar-refractivity contribution in [3.8, 4) is 39.5 Å². The Morgan fingerprint density at radius 1 is 0.750 bits per heavy atom. The van der Waals surface area contributed by atoms with Crippen LogP contribution in [0.4, 0.5) is 5.82 Å². The lowest BCUT2D eigenvalue weighted by molar-refractivity contribution is 0.211. The van der Waals surface area contributed by atoms with Crippen LogP contribution in [0.25, 0.3) is 33.8 Å². The Morgan fingerprint density at radius 2 is 1.45 bits per heavy atom. The number of ether oxygens (including phenoxy) is 1. The van der Waals surface area contributed by atoms with Crippen molar-refractivity contribution >= 4 is 5.82 Å². The molecule has 1 aliphatic rings. The Hall–Kier alpha value is -4.55. The zero-order chi connectivity index (χ0) is 27.1. The summed E-state index contributed by atoms with van der Waals surface area (Å²) in [6.45, 7) is 3.12. The topological polar surface area (TPSA) is 63.2 Å². The van der Waals surface area contributed by atoms with E-state index >= 15 is 0 Å². The summed E-state index contributed by atoms with van der Waals surface area (Å²) in [5, 5.41) is 3.73. The van der Waals surface area contributed by atoms with Gasteiger partial charge in [-0.05, 0) is 42.2 Å². The van der Waals surface area contributed by atoms with Gasteiger partial charge in [-0.2, -0.15) is 0 Å². The lowest BCUT2D eigenvalue weighted by atomic mass is 10.0. The van der Waals surface area contributed by atoms with Crippen molar-refractivity contribution in [2.45, 2.75) is 25.4 Å². The van der Waals surface area contributed by atoms with Crippen LogP contribution in [0, 0.1) is 0 Å². The maximum absolute atomic E-state index is 5.32. The van der Waals surface area contributed by atoms with Gasteiger partial charge in [0.2, 0.25) is 0 Å². The summed E-state index contributed by atoms with van der Waals surface area (Å²) in [5.41, 5.74) is 6.26. The molecule has 6 heteroatoms. The smallest absolute Gasteiger partial charge is 0.162 e. The second-order valence-corrected chi connectivity index (χ2v) is 10.2. The van der Waals surface area contributed by atoms with E-state index in [0.717, 1.165) is 72.0 Å². The molecular weight excluding hydrogens is 494 g/mol. The SMILES string of the molecule is COc1ccc(-c2cncc(-c3cc(NC4CCN(Cc5ccccc5)CC4)nc(-c4ccccc4)n3)c2)cc1. The summed E-state index contributed by atoms with van der Waals surface area (Å²) >= 11 is 0. The number of nitrogens with one attached hydrogen (secondary N) is 1. The standard InChI is InChI=1S/C34H33N5O/c1-40-31-14-12-26(13-15-31)28-20-29(23-35-22-28)32-21-33(38-34(37-32)27-10-6-3-7-11-27)36-30-16-18-39(19-17-30)24-25-8-4-2-5-9-25/h2-15,20-23,30H,16-19,24H2,1H3,(H,36,37,38). The predicted molar refractivity (Wildman–Crippen MR) is 161 cm³/mol. The van der Waals surface area contributed by atoms with E-state index in [1.807, 2.05) is 54.9 Å². The molecule has 1 aliphatic heterocycles. The minimum Gasteiger partial charge on any atom is -0.497 e. The minimum absolute atomic E-state index is 0.363. The highest BCUT2D eigenvalue weighted by Crippen LogP contribution is 2.29. The van der Waals surface area contributed by atoms with Crippen LogP contribution < -0.4 is 10.1 Å². The van der Waals surface area contributed by atoms with Gasteiger partial charge in [0.25, 0.3) is 0 Å². The van der Waals surface area contributed by atoms with E-state index in [-0.39, 0.29) is 0 Å². The van der Waals surface area contributed by atoms with Crippen LogP contribution in [0.2, 0.25) is 0 Å². The van der Waals surface area contributed by atoms with Gasteiger partial charge in [-0.1, -0.05) is 72.8 Å². The van der Waals surface area contributed by atoms with Gasteiger partial charge in [-0.3, -0.25) is 9.88 Å². The van der Waals surface area contributed by atoms with E-state index in [1.54, 1.807) is 7.11 Å². The number of hydrogen-bond donors (Lipinski definition) is 1. The maximum Gasteiger partial charge on any atom is 0.162 e. The van der Waals surface area contributed by atoms with Crippen LogP contribution in [0.5, 0.6) is 5.75 Å². The van der Waals surface area contributed by atoms with Gasteiger partial charge in [0.05, 0.1) is 12.8 Å². The lowest BCUT2D eigenvalue weighted by Gasteiger charge is -2.32. The number of piperidine rings is 1. The van der Waals surface area contributed by atoms with E-state index in [4.69, 9.17) is 14.7 Å². The number of pyridine rings is 1. The van der Waals surface area contributed by atoms with Gasteiger partial charge >= 0.3 is 0 Å². The molecule has 3 heterocycles. The molecule has 3 aromatic carbocycles. The fourth-order valence-corrected chi connectivity index (χ4v) is 5.19. The largest absolute Gasteiger partial charge is 0.497 e. The highest BCUT2D eigenvalue weighted by molar-refractivity contribution is 5.73. The van der Waals surface area contributed by atoms with E-state index in [1.165, 1.54) is 5.56 Å². The van der Waals surface area contributed by atoms with Gasteiger partial charge in [-0.25, -0.2) is 9.97 Å². The molecule has 2 aromatic heterocycles. The van der Waals surface area contributed by atoms with Crippen molar-refractivity contribution in [2.24, 2.45) is 0 Å². The first-order chi connectivity index (χ1) is 19.7. The number of methoxy groups -OCH3 is 1. The molecule has 0 bridgehead atoms. The van der Waals surface area contributed by atoms with Crippen LogP contribution in [0.3, 0.4) is 0 Å². The fourth-order valence-electron chi connectivity index (χ4n) is 5.19. The Morgan fingerprint density at radius 3 is 2.17 bits per heavy atom. The van der Waals surface area contributed by atoms with E-state index in [2.05, 4.69) is 69.8 Å². The molecule has 5 aromatic rings. The number of nitrogens with zero attached hydrogens (tertiary/aromatic N) is 4. The van der Waals surface area contributed by atoms with Crippen molar-refractivity contribution < 1.29 is 4.74 Å². The molecule has 0 saturated carbocycles. The molecule has 0 atom stereocenters.